The molecule has 1 aliphatic rings. The molecule has 0 bridgehead atoms. The van der Waals surface area contributed by atoms with Gasteiger partial charge in [0.15, 0.2) is 5.82 Å². The minimum absolute atomic E-state index is 0.160. The second kappa shape index (κ2) is 3.69. The molecule has 1 heterocycles. The molecule has 1 saturated carbocycles. The fraction of sp³-hybridized carbons (Fsp3) is 0.800. The van der Waals surface area contributed by atoms with Crippen molar-refractivity contribution in [1.29, 1.82) is 0 Å². The molecule has 0 amide bonds. The smallest absolute Gasteiger partial charge is 0.165 e. The van der Waals surface area contributed by atoms with E-state index in [1.807, 2.05) is 0 Å². The highest BCUT2D eigenvalue weighted by molar-refractivity contribution is 5.05. The number of hydrogen-bond donors (Lipinski definition) is 0. The molecule has 0 atom stereocenters. The van der Waals surface area contributed by atoms with Gasteiger partial charge in [-0.1, -0.05) is 0 Å². The molecule has 0 aliphatic heterocycles. The summed E-state index contributed by atoms with van der Waals surface area (Å²) in [7, 11) is 1.78. The van der Waals surface area contributed by atoms with Gasteiger partial charge in [0, 0.05) is 13.7 Å². The molecule has 0 saturated heterocycles. The summed E-state index contributed by atoms with van der Waals surface area (Å²) in [5.74, 6) is 1.00. The van der Waals surface area contributed by atoms with E-state index in [0.717, 1.165) is 25.2 Å². The Bertz CT molecular complexity index is 302. The van der Waals surface area contributed by atoms with E-state index in [4.69, 9.17) is 4.74 Å². The van der Waals surface area contributed by atoms with Gasteiger partial charge in [-0.2, -0.15) is 0 Å². The molecule has 1 aromatic rings. The van der Waals surface area contributed by atoms with Crippen LogP contribution >= 0.6 is 0 Å². The highest BCUT2D eigenvalue weighted by atomic mass is 16.5. The Kier molecular flexibility index (Phi) is 2.54. The second-order valence-electron chi connectivity index (χ2n) is 3.85. The van der Waals surface area contributed by atoms with Crippen molar-refractivity contribution in [2.75, 3.05) is 7.11 Å². The lowest BCUT2D eigenvalue weighted by Crippen LogP contribution is -2.28. The quantitative estimate of drug-likeness (QED) is 0.737. The molecule has 4 nitrogen and oxygen atoms in total. The summed E-state index contributed by atoms with van der Waals surface area (Å²) in [5.41, 5.74) is -0.160. The van der Waals surface area contributed by atoms with Crippen molar-refractivity contribution >= 4 is 0 Å². The van der Waals surface area contributed by atoms with Crippen LogP contribution in [-0.2, 0) is 16.9 Å². The summed E-state index contributed by atoms with van der Waals surface area (Å²) in [4.78, 5) is 0. The number of rotatable bonds is 3. The number of hydrogen-bond acceptors (Lipinski definition) is 3. The van der Waals surface area contributed by atoms with Crippen molar-refractivity contribution in [3.05, 3.63) is 12.2 Å². The van der Waals surface area contributed by atoms with Gasteiger partial charge in [0.2, 0.25) is 0 Å². The van der Waals surface area contributed by atoms with Crippen molar-refractivity contribution in [3.8, 4) is 0 Å². The molecule has 0 N–H and O–H groups in total. The van der Waals surface area contributed by atoms with Crippen LogP contribution < -0.4 is 0 Å². The van der Waals surface area contributed by atoms with Crippen LogP contribution in [0.2, 0.25) is 0 Å². The first kappa shape index (κ1) is 9.65. The summed E-state index contributed by atoms with van der Waals surface area (Å²) < 4.78 is 7.74. The first-order valence-electron chi connectivity index (χ1n) is 5.26. The van der Waals surface area contributed by atoms with Crippen LogP contribution in [0.5, 0.6) is 0 Å². The molecule has 0 unspecified atom stereocenters. The highest BCUT2D eigenvalue weighted by Gasteiger charge is 2.39. The van der Waals surface area contributed by atoms with Gasteiger partial charge in [-0.3, -0.25) is 0 Å². The predicted octanol–water partition coefficient (Wildman–Crippen LogP) is 1.71. The Morgan fingerprint density at radius 1 is 1.50 bits per heavy atom. The van der Waals surface area contributed by atoms with Gasteiger partial charge < -0.3 is 9.30 Å². The third kappa shape index (κ3) is 1.34. The molecule has 14 heavy (non-hydrogen) atoms. The highest BCUT2D eigenvalue weighted by Crippen LogP contribution is 2.40. The molecule has 0 spiro atoms. The van der Waals surface area contributed by atoms with E-state index in [0.29, 0.717) is 0 Å². The molecule has 4 heteroatoms. The molecule has 0 aromatic carbocycles. The van der Waals surface area contributed by atoms with E-state index in [9.17, 15) is 0 Å². The number of ether oxygens (including phenoxy) is 1. The summed E-state index contributed by atoms with van der Waals surface area (Å²) in [6.45, 7) is 3.01. The number of nitrogens with zero attached hydrogens (tertiary/aromatic N) is 3. The van der Waals surface area contributed by atoms with Gasteiger partial charge in [0.05, 0.1) is 0 Å². The molecular weight excluding hydrogens is 178 g/mol. The van der Waals surface area contributed by atoms with Crippen LogP contribution in [0.25, 0.3) is 0 Å². The third-order valence-corrected chi connectivity index (χ3v) is 3.17. The first-order valence-corrected chi connectivity index (χ1v) is 5.26. The normalized spacial score (nSPS) is 20.1. The largest absolute Gasteiger partial charge is 0.370 e. The van der Waals surface area contributed by atoms with E-state index in [-0.39, 0.29) is 5.60 Å². The van der Waals surface area contributed by atoms with Crippen LogP contribution in [-0.4, -0.2) is 21.9 Å². The number of methoxy groups -OCH3 is 1. The van der Waals surface area contributed by atoms with Crippen molar-refractivity contribution in [3.63, 3.8) is 0 Å². The fourth-order valence-electron chi connectivity index (χ4n) is 2.30. The minimum Gasteiger partial charge on any atom is -0.370 e. The SMILES string of the molecule is CCn1cnnc1C1(OC)CCCC1. The molecule has 1 aliphatic carbocycles. The lowest BCUT2D eigenvalue weighted by atomic mass is 10.0. The van der Waals surface area contributed by atoms with Crippen molar-refractivity contribution in [2.24, 2.45) is 0 Å². The molecule has 1 aromatic heterocycles. The molecule has 0 radical (unpaired) electrons. The monoisotopic (exact) mass is 195 g/mol. The zero-order chi connectivity index (χ0) is 10.0. The zero-order valence-electron chi connectivity index (χ0n) is 8.86. The van der Waals surface area contributed by atoms with E-state index in [1.54, 1.807) is 13.4 Å². The number of aromatic nitrogens is 3. The molecule has 1 fully saturated rings. The van der Waals surface area contributed by atoms with E-state index in [2.05, 4.69) is 21.7 Å². The molecular formula is C10H17N3O. The first-order chi connectivity index (χ1) is 6.82. The van der Waals surface area contributed by atoms with Crippen molar-refractivity contribution < 1.29 is 4.74 Å². The maximum Gasteiger partial charge on any atom is 0.165 e. The van der Waals surface area contributed by atoms with E-state index in [1.165, 1.54) is 12.8 Å². The van der Waals surface area contributed by atoms with Crippen LogP contribution in [0, 0.1) is 0 Å². The minimum atomic E-state index is -0.160. The second-order valence-corrected chi connectivity index (χ2v) is 3.85. The van der Waals surface area contributed by atoms with Crippen molar-refractivity contribution in [2.45, 2.75) is 44.8 Å². The van der Waals surface area contributed by atoms with E-state index >= 15 is 0 Å². The lowest BCUT2D eigenvalue weighted by Gasteiger charge is -2.26. The van der Waals surface area contributed by atoms with Crippen LogP contribution in [0.3, 0.4) is 0 Å². The average molecular weight is 195 g/mol. The predicted molar refractivity (Wildman–Crippen MR) is 52.9 cm³/mol. The van der Waals surface area contributed by atoms with Gasteiger partial charge in [-0.25, -0.2) is 0 Å². The van der Waals surface area contributed by atoms with Crippen molar-refractivity contribution in [1.82, 2.24) is 14.8 Å². The van der Waals surface area contributed by atoms with Crippen LogP contribution in [0.15, 0.2) is 6.33 Å². The third-order valence-electron chi connectivity index (χ3n) is 3.17. The van der Waals surface area contributed by atoms with Gasteiger partial charge in [0.25, 0.3) is 0 Å². The Hall–Kier alpha value is -0.900. The van der Waals surface area contributed by atoms with Gasteiger partial charge in [-0.05, 0) is 32.6 Å². The van der Waals surface area contributed by atoms with Gasteiger partial charge >= 0.3 is 0 Å². The van der Waals surface area contributed by atoms with E-state index < -0.39 is 0 Å². The maximum atomic E-state index is 5.66. The fourth-order valence-corrected chi connectivity index (χ4v) is 2.30. The lowest BCUT2D eigenvalue weighted by molar-refractivity contribution is -0.0192. The van der Waals surface area contributed by atoms with Gasteiger partial charge in [-0.15, -0.1) is 10.2 Å². The Balaban J connectivity index is 2.35. The Labute approximate surface area is 84.3 Å². The number of aryl methyl sites for hydroxylation is 1. The topological polar surface area (TPSA) is 39.9 Å². The molecule has 78 valence electrons. The summed E-state index contributed by atoms with van der Waals surface area (Å²) in [6, 6.07) is 0. The Morgan fingerprint density at radius 3 is 2.79 bits per heavy atom. The summed E-state index contributed by atoms with van der Waals surface area (Å²) in [6.07, 6.45) is 6.38. The zero-order valence-corrected chi connectivity index (χ0v) is 8.86. The van der Waals surface area contributed by atoms with Crippen LogP contribution in [0.1, 0.15) is 38.4 Å². The standard InChI is InChI=1S/C10H17N3O/c1-3-13-8-11-12-9(13)10(14-2)6-4-5-7-10/h8H,3-7H2,1-2H3. The maximum absolute atomic E-state index is 5.66. The average Bonchev–Trinajstić information content (AvgIpc) is 2.86. The summed E-state index contributed by atoms with van der Waals surface area (Å²) >= 11 is 0. The summed E-state index contributed by atoms with van der Waals surface area (Å²) in [5, 5.41) is 8.16. The molecule has 2 rings (SSSR count). The van der Waals surface area contributed by atoms with Crippen LogP contribution in [0.4, 0.5) is 0 Å². The Morgan fingerprint density at radius 2 is 2.21 bits per heavy atom. The van der Waals surface area contributed by atoms with Gasteiger partial charge in [0.1, 0.15) is 11.9 Å².